The second kappa shape index (κ2) is 6.24. The lowest BCUT2D eigenvalue weighted by atomic mass is 10.1. The monoisotopic (exact) mass is 268 g/mol. The minimum atomic E-state index is -0.185. The van der Waals surface area contributed by atoms with Crippen LogP contribution in [0.4, 0.5) is 10.5 Å². The summed E-state index contributed by atoms with van der Waals surface area (Å²) in [6.45, 7) is 6.01. The van der Waals surface area contributed by atoms with Crippen LogP contribution in [0.5, 0.6) is 0 Å². The van der Waals surface area contributed by atoms with Gasteiger partial charge >= 0.3 is 6.03 Å². The summed E-state index contributed by atoms with van der Waals surface area (Å²) in [5, 5.41) is 5.84. The van der Waals surface area contributed by atoms with E-state index in [0.717, 1.165) is 16.8 Å². The molecule has 0 fully saturated rings. The van der Waals surface area contributed by atoms with E-state index >= 15 is 0 Å². The Hall–Kier alpha value is -2.29. The summed E-state index contributed by atoms with van der Waals surface area (Å²) in [7, 11) is 0. The lowest BCUT2D eigenvalue weighted by molar-refractivity contribution is 0.249. The molecule has 0 saturated carbocycles. The number of rotatable bonds is 3. The van der Waals surface area contributed by atoms with Crippen molar-refractivity contribution < 1.29 is 4.79 Å². The van der Waals surface area contributed by atoms with Crippen LogP contribution < -0.4 is 10.6 Å². The smallest absolute Gasteiger partial charge is 0.319 e. The largest absolute Gasteiger partial charge is 0.331 e. The van der Waals surface area contributed by atoms with E-state index in [9.17, 15) is 4.79 Å². The topological polar surface area (TPSA) is 41.1 Å². The Morgan fingerprint density at radius 1 is 1.00 bits per heavy atom. The highest BCUT2D eigenvalue weighted by Crippen LogP contribution is 2.18. The molecule has 0 heterocycles. The molecule has 0 spiro atoms. The van der Waals surface area contributed by atoms with Crippen LogP contribution in [0.2, 0.25) is 0 Å². The zero-order valence-corrected chi connectivity index (χ0v) is 12.1. The maximum absolute atomic E-state index is 12.0. The maximum atomic E-state index is 12.0. The number of anilines is 1. The molecule has 2 aromatic carbocycles. The Labute approximate surface area is 120 Å². The zero-order valence-electron chi connectivity index (χ0n) is 12.1. The lowest BCUT2D eigenvalue weighted by Gasteiger charge is -2.16. The highest BCUT2D eigenvalue weighted by atomic mass is 16.2. The van der Waals surface area contributed by atoms with Crippen molar-refractivity contribution in [3.05, 3.63) is 65.2 Å². The Morgan fingerprint density at radius 3 is 2.40 bits per heavy atom. The van der Waals surface area contributed by atoms with Gasteiger partial charge in [0, 0.05) is 5.69 Å². The molecule has 0 aliphatic rings. The molecule has 0 radical (unpaired) electrons. The molecule has 2 amide bonds. The summed E-state index contributed by atoms with van der Waals surface area (Å²) in [5.41, 5.74) is 4.19. The van der Waals surface area contributed by atoms with E-state index in [1.165, 1.54) is 5.56 Å². The molecule has 0 unspecified atom stereocenters. The first-order chi connectivity index (χ1) is 9.58. The quantitative estimate of drug-likeness (QED) is 0.861. The Morgan fingerprint density at radius 2 is 1.70 bits per heavy atom. The fraction of sp³-hybridized carbons (Fsp3) is 0.235. The molecule has 0 aromatic heterocycles. The van der Waals surface area contributed by atoms with Gasteiger partial charge in [0.15, 0.2) is 0 Å². The van der Waals surface area contributed by atoms with Gasteiger partial charge in [-0.1, -0.05) is 42.5 Å². The highest BCUT2D eigenvalue weighted by molar-refractivity contribution is 5.90. The molecule has 0 bridgehead atoms. The standard InChI is InChI=1S/C17H20N2O/c1-12-8-7-11-16(13(12)2)19-17(20)18-14(3)15-9-5-4-6-10-15/h4-11,14H,1-3H3,(H2,18,19,20)/t14-/m1/s1. The van der Waals surface area contributed by atoms with Gasteiger partial charge in [0.05, 0.1) is 6.04 Å². The number of hydrogen-bond donors (Lipinski definition) is 2. The first-order valence-corrected chi connectivity index (χ1v) is 6.76. The van der Waals surface area contributed by atoms with Gasteiger partial charge in [-0.25, -0.2) is 4.79 Å². The number of hydrogen-bond acceptors (Lipinski definition) is 1. The summed E-state index contributed by atoms with van der Waals surface area (Å²) in [6.07, 6.45) is 0. The van der Waals surface area contributed by atoms with Crippen LogP contribution in [0.25, 0.3) is 0 Å². The average molecular weight is 268 g/mol. The molecular weight excluding hydrogens is 248 g/mol. The van der Waals surface area contributed by atoms with Gasteiger partial charge in [-0.3, -0.25) is 0 Å². The van der Waals surface area contributed by atoms with Gasteiger partial charge in [-0.2, -0.15) is 0 Å². The van der Waals surface area contributed by atoms with E-state index < -0.39 is 0 Å². The van der Waals surface area contributed by atoms with Crippen LogP contribution in [0.3, 0.4) is 0 Å². The fourth-order valence-corrected chi connectivity index (χ4v) is 2.07. The van der Waals surface area contributed by atoms with E-state index in [4.69, 9.17) is 0 Å². The molecule has 0 aliphatic carbocycles. The average Bonchev–Trinajstić information content (AvgIpc) is 2.45. The second-order valence-corrected chi connectivity index (χ2v) is 4.98. The number of carbonyl (C=O) groups is 1. The third-order valence-corrected chi connectivity index (χ3v) is 3.50. The number of aryl methyl sites for hydroxylation is 1. The van der Waals surface area contributed by atoms with Crippen molar-refractivity contribution in [2.45, 2.75) is 26.8 Å². The molecule has 2 N–H and O–H groups in total. The molecule has 0 saturated heterocycles. The summed E-state index contributed by atoms with van der Waals surface area (Å²) in [5.74, 6) is 0. The molecule has 3 nitrogen and oxygen atoms in total. The molecule has 104 valence electrons. The Bertz CT molecular complexity index is 593. The van der Waals surface area contributed by atoms with Crippen molar-refractivity contribution in [3.8, 4) is 0 Å². The van der Waals surface area contributed by atoms with Crippen LogP contribution in [-0.4, -0.2) is 6.03 Å². The van der Waals surface area contributed by atoms with Crippen molar-refractivity contribution >= 4 is 11.7 Å². The minimum Gasteiger partial charge on any atom is -0.331 e. The van der Waals surface area contributed by atoms with Crippen LogP contribution >= 0.6 is 0 Å². The first kappa shape index (κ1) is 14.1. The van der Waals surface area contributed by atoms with Crippen molar-refractivity contribution in [1.29, 1.82) is 0 Å². The van der Waals surface area contributed by atoms with E-state index in [0.29, 0.717) is 0 Å². The predicted octanol–water partition coefficient (Wildman–Crippen LogP) is 4.19. The van der Waals surface area contributed by atoms with Crippen molar-refractivity contribution in [1.82, 2.24) is 5.32 Å². The molecule has 3 heteroatoms. The highest BCUT2D eigenvalue weighted by Gasteiger charge is 2.10. The number of amides is 2. The van der Waals surface area contributed by atoms with Gasteiger partial charge in [-0.05, 0) is 43.5 Å². The van der Waals surface area contributed by atoms with Crippen LogP contribution in [0.15, 0.2) is 48.5 Å². The number of carbonyl (C=O) groups excluding carboxylic acids is 1. The fourth-order valence-electron chi connectivity index (χ4n) is 2.07. The van der Waals surface area contributed by atoms with Crippen molar-refractivity contribution in [2.75, 3.05) is 5.32 Å². The third kappa shape index (κ3) is 3.38. The van der Waals surface area contributed by atoms with Crippen LogP contribution in [0, 0.1) is 13.8 Å². The molecule has 2 rings (SSSR count). The summed E-state index contributed by atoms with van der Waals surface area (Å²) >= 11 is 0. The maximum Gasteiger partial charge on any atom is 0.319 e. The predicted molar refractivity (Wildman–Crippen MR) is 82.9 cm³/mol. The molecule has 2 aromatic rings. The van der Waals surface area contributed by atoms with Crippen LogP contribution in [-0.2, 0) is 0 Å². The summed E-state index contributed by atoms with van der Waals surface area (Å²) in [4.78, 5) is 12.0. The second-order valence-electron chi connectivity index (χ2n) is 4.98. The van der Waals surface area contributed by atoms with E-state index in [2.05, 4.69) is 10.6 Å². The Kier molecular flexibility index (Phi) is 4.41. The number of benzene rings is 2. The van der Waals surface area contributed by atoms with E-state index in [1.54, 1.807) is 0 Å². The minimum absolute atomic E-state index is 0.0266. The third-order valence-electron chi connectivity index (χ3n) is 3.50. The lowest BCUT2D eigenvalue weighted by Crippen LogP contribution is -2.31. The number of nitrogens with one attached hydrogen (secondary N) is 2. The zero-order chi connectivity index (χ0) is 14.5. The number of urea groups is 1. The normalized spacial score (nSPS) is 11.8. The van der Waals surface area contributed by atoms with Crippen LogP contribution in [0.1, 0.15) is 29.7 Å². The molecule has 20 heavy (non-hydrogen) atoms. The van der Waals surface area contributed by atoms with Gasteiger partial charge in [0.2, 0.25) is 0 Å². The van der Waals surface area contributed by atoms with Crippen molar-refractivity contribution in [3.63, 3.8) is 0 Å². The SMILES string of the molecule is Cc1cccc(NC(=O)N[C@H](C)c2ccccc2)c1C. The van der Waals surface area contributed by atoms with Gasteiger partial charge < -0.3 is 10.6 Å². The van der Waals surface area contributed by atoms with Crippen molar-refractivity contribution in [2.24, 2.45) is 0 Å². The molecular formula is C17H20N2O. The first-order valence-electron chi connectivity index (χ1n) is 6.76. The van der Waals surface area contributed by atoms with E-state index in [1.807, 2.05) is 69.3 Å². The Balaban J connectivity index is 2.01. The van der Waals surface area contributed by atoms with Gasteiger partial charge in [0.1, 0.15) is 0 Å². The molecule has 1 atom stereocenters. The van der Waals surface area contributed by atoms with Gasteiger partial charge in [-0.15, -0.1) is 0 Å². The molecule has 0 aliphatic heterocycles. The summed E-state index contributed by atoms with van der Waals surface area (Å²) in [6, 6.07) is 15.6. The van der Waals surface area contributed by atoms with Gasteiger partial charge in [0.25, 0.3) is 0 Å². The summed E-state index contributed by atoms with van der Waals surface area (Å²) < 4.78 is 0. The van der Waals surface area contributed by atoms with E-state index in [-0.39, 0.29) is 12.1 Å².